The summed E-state index contributed by atoms with van der Waals surface area (Å²) in [6, 6.07) is -16.9. The van der Waals surface area contributed by atoms with Gasteiger partial charge in [-0.05, 0) is 133 Å². The molecule has 0 heterocycles. The van der Waals surface area contributed by atoms with Gasteiger partial charge in [0.2, 0.25) is 65.0 Å². The molecular formula is C56H103N17O17S2. The van der Waals surface area contributed by atoms with Crippen LogP contribution in [0.15, 0.2) is 4.99 Å². The zero-order valence-corrected chi connectivity index (χ0v) is 55.6. The van der Waals surface area contributed by atoms with Crippen molar-refractivity contribution in [2.45, 2.75) is 198 Å². The standard InChI is InChI=1S/C56H103N17O17S2/c1-9-30(4)43(55(89)90)73-51(85)35(17-11-13-23-58)66-50(84)38(21-26-92-8)68-48(82)34(16-10-12-22-57)65-49(83)36(18-19-41(76)77)67-52(86)39(27-74)70-44(78)31(5)63-47(81)37(20-25-91-7)69-53(87)40(28-75)71-45(79)32(6)64-54(88)42(29(2)3)72-46(80)33(59)15-14-24-62-56(60)61/h29-40,42-43,74-75H,9-28,57-59H2,1-8H3,(H,63,81)(H,64,88)(H,65,83)(H,66,84)(H,67,86)(H,68,82)(H,69,87)(H,70,78)(H,71,79)(H,72,80)(H,73,85)(H,76,77)(H,89,90)(H4,60,61,62)/t30-,31-,32-,33-,34-,35-,36-,37-,38-,39-,40-,42-,43-/m0/s1. The van der Waals surface area contributed by atoms with Crippen LogP contribution in [0.2, 0.25) is 0 Å². The number of aliphatic carboxylic acids is 2. The summed E-state index contributed by atoms with van der Waals surface area (Å²) >= 11 is 2.61. The maximum atomic E-state index is 14.2. The molecule has 36 heteroatoms. The second-order valence-electron chi connectivity index (χ2n) is 22.3. The summed E-state index contributed by atoms with van der Waals surface area (Å²) < 4.78 is 0. The molecule has 92 heavy (non-hydrogen) atoms. The van der Waals surface area contributed by atoms with E-state index in [4.69, 9.17) is 28.7 Å². The fraction of sp³-hybridized carbons (Fsp3) is 0.750. The monoisotopic (exact) mass is 1350 g/mol. The second kappa shape index (κ2) is 46.9. The van der Waals surface area contributed by atoms with E-state index < -0.39 is 187 Å². The first-order valence-corrected chi connectivity index (χ1v) is 33.4. The van der Waals surface area contributed by atoms with Gasteiger partial charge in [-0.15, -0.1) is 0 Å². The van der Waals surface area contributed by atoms with Crippen molar-refractivity contribution in [2.24, 2.45) is 45.5 Å². The highest BCUT2D eigenvalue weighted by molar-refractivity contribution is 7.98. The zero-order chi connectivity index (χ0) is 70.2. The summed E-state index contributed by atoms with van der Waals surface area (Å²) in [4.78, 5) is 177. The van der Waals surface area contributed by atoms with E-state index in [9.17, 15) is 82.8 Å². The van der Waals surface area contributed by atoms with Gasteiger partial charge in [-0.2, -0.15) is 23.5 Å². The van der Waals surface area contributed by atoms with Crippen LogP contribution in [-0.2, 0) is 62.3 Å². The quantitative estimate of drug-likeness (QED) is 0.0153. The Morgan fingerprint density at radius 3 is 1.15 bits per heavy atom. The van der Waals surface area contributed by atoms with Gasteiger partial charge in [0.15, 0.2) is 5.96 Å². The maximum Gasteiger partial charge on any atom is 0.326 e. The normalized spacial score (nSPS) is 15.4. The zero-order valence-electron chi connectivity index (χ0n) is 54.0. The number of nitrogens with zero attached hydrogens (tertiary/aromatic N) is 1. The number of nitrogens with two attached hydrogens (primary N) is 5. The molecule has 0 aromatic heterocycles. The summed E-state index contributed by atoms with van der Waals surface area (Å²) in [5.41, 5.74) is 28.0. The number of guanidine groups is 1. The molecule has 0 unspecified atom stereocenters. The Balaban J connectivity index is 6.36. The molecule has 0 bridgehead atoms. The van der Waals surface area contributed by atoms with Crippen molar-refractivity contribution < 1.29 is 82.8 Å². The van der Waals surface area contributed by atoms with Crippen molar-refractivity contribution in [3.05, 3.63) is 0 Å². The molecule has 0 saturated heterocycles. The highest BCUT2D eigenvalue weighted by Gasteiger charge is 2.36. The molecule has 0 rings (SSSR count). The topological polar surface area (TPSA) is 578 Å². The minimum Gasteiger partial charge on any atom is -0.481 e. The third-order valence-electron chi connectivity index (χ3n) is 14.4. The van der Waals surface area contributed by atoms with E-state index in [0.29, 0.717) is 37.9 Å². The number of amides is 11. The lowest BCUT2D eigenvalue weighted by Gasteiger charge is -2.28. The van der Waals surface area contributed by atoms with Crippen LogP contribution in [0.3, 0.4) is 0 Å². The number of hydrogen-bond acceptors (Lipinski definition) is 21. The molecule has 0 fully saturated rings. The SMILES string of the molecule is CC[C@H](C)[C@H](NC(=O)[C@H](CCCCN)NC(=O)[C@H](CCSC)NC(=O)[C@H](CCCCN)NC(=O)[C@H](CCC(=O)O)NC(=O)[C@H](CO)NC(=O)[C@H](C)NC(=O)[C@H](CCSC)NC(=O)[C@H](CO)NC(=O)[C@H](C)NC(=O)[C@@H](NC(=O)[C@@H](N)CCCN=C(N)N)C(C)C)C(=O)O. The van der Waals surface area contributed by atoms with E-state index in [-0.39, 0.29) is 69.9 Å². The smallest absolute Gasteiger partial charge is 0.326 e. The van der Waals surface area contributed by atoms with Crippen LogP contribution in [0.5, 0.6) is 0 Å². The summed E-state index contributed by atoms with van der Waals surface area (Å²) in [6.45, 7) is 7.76. The number of aliphatic imine (C=N–C) groups is 1. The molecule has 0 aliphatic carbocycles. The fourth-order valence-electron chi connectivity index (χ4n) is 8.54. The van der Waals surface area contributed by atoms with Crippen molar-refractivity contribution >= 4 is 106 Å². The summed E-state index contributed by atoms with van der Waals surface area (Å²) in [5.74, 6) is -13.3. The van der Waals surface area contributed by atoms with Crippen molar-refractivity contribution in [3.8, 4) is 0 Å². The van der Waals surface area contributed by atoms with E-state index in [1.54, 1.807) is 40.2 Å². The predicted molar refractivity (Wildman–Crippen MR) is 345 cm³/mol. The number of aliphatic hydroxyl groups is 2. The maximum absolute atomic E-state index is 14.2. The van der Waals surface area contributed by atoms with Gasteiger partial charge in [0, 0.05) is 13.0 Å². The van der Waals surface area contributed by atoms with Crippen LogP contribution in [0, 0.1) is 11.8 Å². The van der Waals surface area contributed by atoms with Gasteiger partial charge >= 0.3 is 11.9 Å². The molecule has 0 spiro atoms. The van der Waals surface area contributed by atoms with Crippen molar-refractivity contribution in [2.75, 3.05) is 56.9 Å². The van der Waals surface area contributed by atoms with Gasteiger partial charge in [0.05, 0.1) is 19.3 Å². The van der Waals surface area contributed by atoms with Gasteiger partial charge < -0.3 is 108 Å². The van der Waals surface area contributed by atoms with Crippen LogP contribution >= 0.6 is 23.5 Å². The van der Waals surface area contributed by atoms with Crippen LogP contribution in [0.4, 0.5) is 0 Å². The van der Waals surface area contributed by atoms with Crippen LogP contribution in [-0.4, -0.2) is 233 Å². The molecule has 11 amide bonds. The molecule has 0 aromatic rings. The van der Waals surface area contributed by atoms with Crippen molar-refractivity contribution in [1.29, 1.82) is 0 Å². The molecule has 0 aliphatic rings. The van der Waals surface area contributed by atoms with Crippen LogP contribution in [0.25, 0.3) is 0 Å². The molecule has 25 N–H and O–H groups in total. The Labute approximate surface area is 545 Å². The predicted octanol–water partition coefficient (Wildman–Crippen LogP) is -5.86. The minimum atomic E-state index is -1.84. The van der Waals surface area contributed by atoms with Crippen LogP contribution < -0.4 is 87.2 Å². The Morgan fingerprint density at radius 2 is 0.793 bits per heavy atom. The first-order chi connectivity index (χ1) is 43.4. The number of aliphatic hydroxyl groups excluding tert-OH is 2. The van der Waals surface area contributed by atoms with E-state index >= 15 is 0 Å². The minimum absolute atomic E-state index is 0.0267. The Morgan fingerprint density at radius 1 is 0.435 bits per heavy atom. The molecule has 526 valence electrons. The van der Waals surface area contributed by atoms with E-state index in [0.717, 1.165) is 0 Å². The van der Waals surface area contributed by atoms with E-state index in [1.807, 2.05) is 0 Å². The number of unbranched alkanes of at least 4 members (excludes halogenated alkanes) is 2. The summed E-state index contributed by atoms with van der Waals surface area (Å²) in [5, 5.41) is 66.9. The molecule has 34 nitrogen and oxygen atoms in total. The van der Waals surface area contributed by atoms with Gasteiger partial charge in [0.25, 0.3) is 0 Å². The Hall–Kier alpha value is -7.12. The summed E-state index contributed by atoms with van der Waals surface area (Å²) in [7, 11) is 0. The molecule has 13 atom stereocenters. The van der Waals surface area contributed by atoms with Gasteiger partial charge in [-0.1, -0.05) is 34.1 Å². The number of rotatable bonds is 49. The van der Waals surface area contributed by atoms with E-state index in [2.05, 4.69) is 63.5 Å². The third kappa shape index (κ3) is 33.5. The molecular weight excluding hydrogens is 1250 g/mol. The van der Waals surface area contributed by atoms with Crippen molar-refractivity contribution in [1.82, 2.24) is 58.5 Å². The number of carboxylic acid groups (broad SMARTS) is 2. The largest absolute Gasteiger partial charge is 0.481 e. The lowest BCUT2D eigenvalue weighted by Crippen LogP contribution is -2.61. The lowest BCUT2D eigenvalue weighted by molar-refractivity contribution is -0.144. The first kappa shape index (κ1) is 84.9. The number of hydrogen-bond donors (Lipinski definition) is 20. The number of nitrogens with one attached hydrogen (secondary N) is 11. The third-order valence-corrected chi connectivity index (χ3v) is 15.7. The van der Waals surface area contributed by atoms with Gasteiger partial charge in [0.1, 0.15) is 66.5 Å². The summed E-state index contributed by atoms with van der Waals surface area (Å²) in [6.07, 6.45) is 4.59. The fourth-order valence-corrected chi connectivity index (χ4v) is 9.49. The van der Waals surface area contributed by atoms with Gasteiger partial charge in [-0.25, -0.2) is 4.79 Å². The molecule has 0 aromatic carbocycles. The van der Waals surface area contributed by atoms with Crippen molar-refractivity contribution in [3.63, 3.8) is 0 Å². The van der Waals surface area contributed by atoms with Crippen LogP contribution in [0.1, 0.15) is 125 Å². The number of thioether (sulfide) groups is 2. The molecule has 0 radical (unpaired) electrons. The number of carboxylic acids is 2. The second-order valence-corrected chi connectivity index (χ2v) is 24.3. The molecule has 0 aliphatic heterocycles. The highest BCUT2D eigenvalue weighted by Crippen LogP contribution is 2.13. The average molecular weight is 1350 g/mol. The van der Waals surface area contributed by atoms with Gasteiger partial charge in [-0.3, -0.25) is 62.5 Å². The first-order valence-electron chi connectivity index (χ1n) is 30.6. The Kier molecular flexibility index (Phi) is 43.2. The average Bonchev–Trinajstić information content (AvgIpc) is 0.976. The number of carbonyl (C=O) groups is 13. The Bertz CT molecular complexity index is 2430. The van der Waals surface area contributed by atoms with E-state index in [1.165, 1.54) is 37.4 Å². The highest BCUT2D eigenvalue weighted by atomic mass is 32.2. The lowest BCUT2D eigenvalue weighted by atomic mass is 9.98. The molecule has 0 saturated carbocycles. The number of carbonyl (C=O) groups excluding carboxylic acids is 11.